The Hall–Kier alpha value is -1.90. The zero-order valence-corrected chi connectivity index (χ0v) is 7.85. The zero-order valence-electron chi connectivity index (χ0n) is 7.85. The van der Waals surface area contributed by atoms with E-state index in [0.29, 0.717) is 0 Å². The number of nitrogens with zero attached hydrogens (tertiary/aromatic N) is 1. The summed E-state index contributed by atoms with van der Waals surface area (Å²) in [6.07, 6.45) is 5.42. The van der Waals surface area contributed by atoms with Gasteiger partial charge in [-0.05, 0) is 24.4 Å². The average molecular weight is 187 g/mol. The lowest BCUT2D eigenvalue weighted by Crippen LogP contribution is -2.13. The van der Waals surface area contributed by atoms with E-state index in [4.69, 9.17) is 5.73 Å². The molecule has 0 aliphatic heterocycles. The van der Waals surface area contributed by atoms with Gasteiger partial charge in [0.2, 0.25) is 0 Å². The lowest BCUT2D eigenvalue weighted by Gasteiger charge is -2.05. The molecule has 0 amide bonds. The van der Waals surface area contributed by atoms with E-state index in [1.807, 2.05) is 29.1 Å². The number of fused-ring (bicyclic) bond motifs is 1. The van der Waals surface area contributed by atoms with Crippen molar-refractivity contribution in [3.8, 4) is 0 Å². The molecule has 1 aromatic heterocycles. The van der Waals surface area contributed by atoms with E-state index in [1.165, 1.54) is 10.9 Å². The third-order valence-electron chi connectivity index (χ3n) is 2.12. The monoisotopic (exact) mass is 187 g/mol. The van der Waals surface area contributed by atoms with Crippen molar-refractivity contribution in [3.63, 3.8) is 0 Å². The molecule has 2 aromatic rings. The molecule has 72 valence electrons. The van der Waals surface area contributed by atoms with E-state index in [9.17, 15) is 0 Å². The Balaban J connectivity index is 2.25. The van der Waals surface area contributed by atoms with E-state index in [1.54, 1.807) is 6.20 Å². The summed E-state index contributed by atoms with van der Waals surface area (Å²) in [4.78, 5) is 0. The predicted molar refractivity (Wildman–Crippen MR) is 59.5 cm³/mol. The second-order valence-electron chi connectivity index (χ2n) is 3.03. The molecule has 0 bridgehead atoms. The maximum atomic E-state index is 5.25. The minimum Gasteiger partial charge on any atom is -0.405 e. The summed E-state index contributed by atoms with van der Waals surface area (Å²) in [7, 11) is 0. The topological polar surface area (TPSA) is 43.0 Å². The maximum Gasteiger partial charge on any atom is 0.0692 e. The van der Waals surface area contributed by atoms with E-state index in [0.717, 1.165) is 6.54 Å². The minimum atomic E-state index is 0.731. The van der Waals surface area contributed by atoms with Crippen LogP contribution in [-0.4, -0.2) is 11.2 Å². The lowest BCUT2D eigenvalue weighted by molar-refractivity contribution is 0.931. The van der Waals surface area contributed by atoms with Gasteiger partial charge in [0.05, 0.1) is 12.1 Å². The van der Waals surface area contributed by atoms with Crippen molar-refractivity contribution in [1.29, 1.82) is 0 Å². The highest BCUT2D eigenvalue weighted by Crippen LogP contribution is 2.12. The van der Waals surface area contributed by atoms with E-state index >= 15 is 0 Å². The van der Waals surface area contributed by atoms with Crippen LogP contribution in [0.15, 0.2) is 48.8 Å². The number of aromatic nitrogens is 1. The van der Waals surface area contributed by atoms with Crippen molar-refractivity contribution in [2.75, 3.05) is 12.0 Å². The molecule has 0 saturated carbocycles. The summed E-state index contributed by atoms with van der Waals surface area (Å²) in [6.45, 7) is 0.731. The Morgan fingerprint density at radius 2 is 2.14 bits per heavy atom. The van der Waals surface area contributed by atoms with Crippen molar-refractivity contribution >= 4 is 10.9 Å². The smallest absolute Gasteiger partial charge is 0.0692 e. The Kier molecular flexibility index (Phi) is 2.40. The van der Waals surface area contributed by atoms with Gasteiger partial charge in [-0.15, -0.1) is 0 Å². The van der Waals surface area contributed by atoms with Gasteiger partial charge in [-0.25, -0.2) is 0 Å². The molecule has 3 N–H and O–H groups in total. The molecule has 0 aliphatic carbocycles. The fourth-order valence-corrected chi connectivity index (χ4v) is 1.44. The second-order valence-corrected chi connectivity index (χ2v) is 3.03. The summed E-state index contributed by atoms with van der Waals surface area (Å²) >= 11 is 0. The molecule has 3 nitrogen and oxygen atoms in total. The highest BCUT2D eigenvalue weighted by Gasteiger charge is 1.96. The van der Waals surface area contributed by atoms with Crippen molar-refractivity contribution in [1.82, 2.24) is 4.68 Å². The highest BCUT2D eigenvalue weighted by atomic mass is 15.4. The molecular weight excluding hydrogens is 174 g/mol. The average Bonchev–Trinajstić information content (AvgIpc) is 2.63. The first-order valence-corrected chi connectivity index (χ1v) is 4.58. The summed E-state index contributed by atoms with van der Waals surface area (Å²) in [5.41, 5.74) is 9.65. The highest BCUT2D eigenvalue weighted by molar-refractivity contribution is 5.80. The Morgan fingerprint density at radius 1 is 1.29 bits per heavy atom. The van der Waals surface area contributed by atoms with Gasteiger partial charge in [0.15, 0.2) is 0 Å². The standard InChI is InChI=1S/C11H13N3/c12-7-3-8-13-14-9-6-10-4-1-2-5-11(10)14/h1-7,9,13H,8,12H2. The molecule has 1 heterocycles. The Bertz CT molecular complexity index is 442. The molecule has 2 rings (SSSR count). The summed E-state index contributed by atoms with van der Waals surface area (Å²) < 4.78 is 2.00. The normalized spacial score (nSPS) is 11.1. The lowest BCUT2D eigenvalue weighted by atomic mass is 10.3. The molecule has 0 aliphatic rings. The first-order valence-electron chi connectivity index (χ1n) is 4.58. The quantitative estimate of drug-likeness (QED) is 0.767. The third-order valence-corrected chi connectivity index (χ3v) is 2.12. The predicted octanol–water partition coefficient (Wildman–Crippen LogP) is 1.66. The second kappa shape index (κ2) is 3.87. The zero-order chi connectivity index (χ0) is 9.80. The van der Waals surface area contributed by atoms with Crippen LogP contribution >= 0.6 is 0 Å². The number of nitrogens with two attached hydrogens (primary N) is 1. The van der Waals surface area contributed by atoms with Crippen LogP contribution in [0.1, 0.15) is 0 Å². The molecule has 0 atom stereocenters. The molecule has 14 heavy (non-hydrogen) atoms. The van der Waals surface area contributed by atoms with Crippen molar-refractivity contribution in [2.24, 2.45) is 5.73 Å². The van der Waals surface area contributed by atoms with Gasteiger partial charge in [0.1, 0.15) is 0 Å². The SMILES string of the molecule is NC=CCNn1ccc2ccccc21. The van der Waals surface area contributed by atoms with Crippen LogP contribution in [0, 0.1) is 0 Å². The van der Waals surface area contributed by atoms with Crippen LogP contribution in [0.2, 0.25) is 0 Å². The van der Waals surface area contributed by atoms with Gasteiger partial charge in [0.25, 0.3) is 0 Å². The maximum absolute atomic E-state index is 5.25. The third kappa shape index (κ3) is 1.57. The number of benzene rings is 1. The van der Waals surface area contributed by atoms with Gasteiger partial charge >= 0.3 is 0 Å². The number of nitrogens with one attached hydrogen (secondary N) is 1. The molecule has 0 spiro atoms. The summed E-state index contributed by atoms with van der Waals surface area (Å²) in [6, 6.07) is 10.3. The molecule has 0 saturated heterocycles. The van der Waals surface area contributed by atoms with Crippen LogP contribution in [-0.2, 0) is 0 Å². The van der Waals surface area contributed by atoms with Crippen molar-refractivity contribution in [3.05, 3.63) is 48.8 Å². The van der Waals surface area contributed by atoms with Gasteiger partial charge in [-0.2, -0.15) is 0 Å². The Morgan fingerprint density at radius 3 is 3.00 bits per heavy atom. The largest absolute Gasteiger partial charge is 0.405 e. The molecule has 3 heteroatoms. The molecule has 1 aromatic carbocycles. The molecule has 0 unspecified atom stereocenters. The Labute approximate surface area is 82.8 Å². The summed E-state index contributed by atoms with van der Waals surface area (Å²) in [5, 5.41) is 1.23. The van der Waals surface area contributed by atoms with E-state index in [2.05, 4.69) is 23.6 Å². The van der Waals surface area contributed by atoms with Crippen LogP contribution in [0.5, 0.6) is 0 Å². The van der Waals surface area contributed by atoms with Crippen LogP contribution in [0.25, 0.3) is 10.9 Å². The van der Waals surface area contributed by atoms with Crippen molar-refractivity contribution < 1.29 is 0 Å². The molecule has 0 radical (unpaired) electrons. The van der Waals surface area contributed by atoms with Crippen LogP contribution < -0.4 is 11.2 Å². The van der Waals surface area contributed by atoms with Gasteiger partial charge in [0, 0.05) is 11.6 Å². The first-order chi connectivity index (χ1) is 6.92. The molecule has 0 fully saturated rings. The minimum absolute atomic E-state index is 0.731. The van der Waals surface area contributed by atoms with E-state index < -0.39 is 0 Å². The van der Waals surface area contributed by atoms with Gasteiger partial charge < -0.3 is 11.2 Å². The van der Waals surface area contributed by atoms with Gasteiger partial charge in [-0.3, -0.25) is 4.68 Å². The van der Waals surface area contributed by atoms with E-state index in [-0.39, 0.29) is 0 Å². The van der Waals surface area contributed by atoms with Crippen LogP contribution in [0.4, 0.5) is 0 Å². The fourth-order valence-electron chi connectivity index (χ4n) is 1.44. The number of para-hydroxylation sites is 1. The summed E-state index contributed by atoms with van der Waals surface area (Å²) in [5.74, 6) is 0. The van der Waals surface area contributed by atoms with Crippen molar-refractivity contribution in [2.45, 2.75) is 0 Å². The fraction of sp³-hybridized carbons (Fsp3) is 0.0909. The first kappa shape index (κ1) is 8.69. The number of hydrogen-bond donors (Lipinski definition) is 2. The van der Waals surface area contributed by atoms with Crippen LogP contribution in [0.3, 0.4) is 0 Å². The molecular formula is C11H13N3. The number of hydrogen-bond acceptors (Lipinski definition) is 2. The van der Waals surface area contributed by atoms with Gasteiger partial charge in [-0.1, -0.05) is 18.2 Å². The number of rotatable bonds is 3.